The van der Waals surface area contributed by atoms with Crippen molar-refractivity contribution in [2.24, 2.45) is 0 Å². The van der Waals surface area contributed by atoms with Gasteiger partial charge in [0.05, 0.1) is 28.8 Å². The fourth-order valence-corrected chi connectivity index (χ4v) is 2.86. The molecule has 29 heavy (non-hydrogen) atoms. The average Bonchev–Trinajstić information content (AvgIpc) is 3.20. The molecule has 7 heteroatoms. The van der Waals surface area contributed by atoms with Gasteiger partial charge in [-0.05, 0) is 38.1 Å². The molecule has 0 saturated carbocycles. The molecule has 4 aromatic rings. The first-order valence-electron chi connectivity index (χ1n) is 9.36. The summed E-state index contributed by atoms with van der Waals surface area (Å²) >= 11 is 0. The van der Waals surface area contributed by atoms with Crippen LogP contribution in [0, 0.1) is 13.8 Å². The lowest BCUT2D eigenvalue weighted by Gasteiger charge is -2.07. The number of para-hydroxylation sites is 2. The molecule has 0 unspecified atom stereocenters. The largest absolute Gasteiger partial charge is 0.459 e. The number of rotatable bonds is 6. The second kappa shape index (κ2) is 8.18. The van der Waals surface area contributed by atoms with Gasteiger partial charge in [-0.15, -0.1) is 10.2 Å². The van der Waals surface area contributed by atoms with Gasteiger partial charge in [-0.25, -0.2) is 9.97 Å². The molecule has 7 nitrogen and oxygen atoms in total. The minimum Gasteiger partial charge on any atom is -0.459 e. The highest BCUT2D eigenvalue weighted by atomic mass is 16.5. The molecule has 0 atom stereocenters. The van der Waals surface area contributed by atoms with Gasteiger partial charge in [0.2, 0.25) is 11.8 Å². The monoisotopic (exact) mass is 388 g/mol. The van der Waals surface area contributed by atoms with E-state index in [0.29, 0.717) is 23.9 Å². The van der Waals surface area contributed by atoms with Crippen LogP contribution >= 0.6 is 0 Å². The van der Waals surface area contributed by atoms with Crippen molar-refractivity contribution in [3.05, 3.63) is 71.4 Å². The SMILES string of the molecule is Cc1ccc(-c2nnc(CCC(=O)OCc3nc4ccccc4nc3C)o2)cc1. The highest BCUT2D eigenvalue weighted by Gasteiger charge is 2.13. The molecule has 0 bridgehead atoms. The van der Waals surface area contributed by atoms with Crippen LogP contribution in [0.25, 0.3) is 22.5 Å². The molecule has 0 radical (unpaired) electrons. The van der Waals surface area contributed by atoms with Gasteiger partial charge in [-0.1, -0.05) is 29.8 Å². The quantitative estimate of drug-likeness (QED) is 0.462. The predicted octanol–water partition coefficient (Wildman–Crippen LogP) is 3.97. The lowest BCUT2D eigenvalue weighted by Crippen LogP contribution is -2.09. The third-order valence-electron chi connectivity index (χ3n) is 4.52. The molecule has 2 heterocycles. The summed E-state index contributed by atoms with van der Waals surface area (Å²) in [6, 6.07) is 15.4. The summed E-state index contributed by atoms with van der Waals surface area (Å²) in [7, 11) is 0. The van der Waals surface area contributed by atoms with Crippen LogP contribution in [0.4, 0.5) is 0 Å². The molecule has 0 aliphatic heterocycles. The molecular weight excluding hydrogens is 368 g/mol. The van der Waals surface area contributed by atoms with Crippen LogP contribution in [0.15, 0.2) is 52.9 Å². The second-order valence-corrected chi connectivity index (χ2v) is 6.77. The van der Waals surface area contributed by atoms with Crippen LogP contribution in [-0.4, -0.2) is 26.1 Å². The fraction of sp³-hybridized carbons (Fsp3) is 0.227. The molecule has 0 saturated heterocycles. The fourth-order valence-electron chi connectivity index (χ4n) is 2.86. The average molecular weight is 388 g/mol. The van der Waals surface area contributed by atoms with E-state index >= 15 is 0 Å². The van der Waals surface area contributed by atoms with Crippen LogP contribution in [-0.2, 0) is 22.6 Å². The van der Waals surface area contributed by atoms with E-state index in [1.54, 1.807) is 0 Å². The third kappa shape index (κ3) is 4.45. The van der Waals surface area contributed by atoms with E-state index in [-0.39, 0.29) is 19.0 Å². The zero-order valence-electron chi connectivity index (χ0n) is 16.3. The molecule has 0 fully saturated rings. The first kappa shape index (κ1) is 18.7. The summed E-state index contributed by atoms with van der Waals surface area (Å²) in [6.45, 7) is 3.95. The highest BCUT2D eigenvalue weighted by molar-refractivity contribution is 5.74. The maximum absolute atomic E-state index is 12.1. The van der Waals surface area contributed by atoms with Crippen LogP contribution in [0.3, 0.4) is 0 Å². The lowest BCUT2D eigenvalue weighted by molar-refractivity contribution is -0.145. The molecule has 2 aromatic heterocycles. The predicted molar refractivity (Wildman–Crippen MR) is 107 cm³/mol. The number of hydrogen-bond donors (Lipinski definition) is 0. The molecule has 4 rings (SSSR count). The van der Waals surface area contributed by atoms with Gasteiger partial charge in [-0.2, -0.15) is 0 Å². The number of aromatic nitrogens is 4. The van der Waals surface area contributed by atoms with E-state index in [2.05, 4.69) is 20.2 Å². The Labute approximate surface area is 167 Å². The summed E-state index contributed by atoms with van der Waals surface area (Å²) < 4.78 is 11.0. The van der Waals surface area contributed by atoms with Crippen LogP contribution in [0.2, 0.25) is 0 Å². The van der Waals surface area contributed by atoms with E-state index in [1.807, 2.05) is 62.4 Å². The third-order valence-corrected chi connectivity index (χ3v) is 4.52. The van der Waals surface area contributed by atoms with Crippen LogP contribution in [0.5, 0.6) is 0 Å². The summed E-state index contributed by atoms with van der Waals surface area (Å²) in [6.07, 6.45) is 0.468. The molecule has 0 amide bonds. The Morgan fingerprint density at radius 1 is 0.966 bits per heavy atom. The smallest absolute Gasteiger partial charge is 0.306 e. The van der Waals surface area contributed by atoms with Crippen molar-refractivity contribution in [3.63, 3.8) is 0 Å². The van der Waals surface area contributed by atoms with Crippen molar-refractivity contribution in [1.29, 1.82) is 0 Å². The Morgan fingerprint density at radius 2 is 1.69 bits per heavy atom. The van der Waals surface area contributed by atoms with Crippen LogP contribution in [0.1, 0.15) is 29.3 Å². The first-order chi connectivity index (χ1) is 14.1. The maximum atomic E-state index is 12.1. The minimum absolute atomic E-state index is 0.0843. The zero-order valence-corrected chi connectivity index (χ0v) is 16.3. The maximum Gasteiger partial charge on any atom is 0.306 e. The van der Waals surface area contributed by atoms with Gasteiger partial charge < -0.3 is 9.15 Å². The van der Waals surface area contributed by atoms with Crippen LogP contribution < -0.4 is 0 Å². The van der Waals surface area contributed by atoms with E-state index < -0.39 is 0 Å². The Hall–Kier alpha value is -3.61. The number of hydrogen-bond acceptors (Lipinski definition) is 7. The van der Waals surface area contributed by atoms with Crippen molar-refractivity contribution in [1.82, 2.24) is 20.2 Å². The normalized spacial score (nSPS) is 11.0. The molecule has 146 valence electrons. The van der Waals surface area contributed by atoms with Gasteiger partial charge >= 0.3 is 5.97 Å². The van der Waals surface area contributed by atoms with Crippen molar-refractivity contribution in [2.45, 2.75) is 33.3 Å². The number of carbonyl (C=O) groups excluding carboxylic acids is 1. The van der Waals surface area contributed by atoms with Crippen molar-refractivity contribution < 1.29 is 13.9 Å². The molecule has 0 aliphatic rings. The molecule has 0 aliphatic carbocycles. The van der Waals surface area contributed by atoms with Gasteiger partial charge in [0.25, 0.3) is 0 Å². The van der Waals surface area contributed by atoms with Gasteiger partial charge in [0, 0.05) is 12.0 Å². The first-order valence-corrected chi connectivity index (χ1v) is 9.36. The minimum atomic E-state index is -0.352. The highest BCUT2D eigenvalue weighted by Crippen LogP contribution is 2.19. The molecular formula is C22H20N4O3. The number of esters is 1. The summed E-state index contributed by atoms with van der Waals surface area (Å²) in [5.74, 6) is 0.490. The Balaban J connectivity index is 1.33. The standard InChI is InChI=1S/C22H20N4O3/c1-14-7-9-16(10-8-14)22-26-25-20(29-22)11-12-21(27)28-13-19-15(2)23-17-5-3-4-6-18(17)24-19/h3-10H,11-13H2,1-2H3. The number of nitrogens with zero attached hydrogens (tertiary/aromatic N) is 4. The zero-order chi connectivity index (χ0) is 20.2. The summed E-state index contributed by atoms with van der Waals surface area (Å²) in [4.78, 5) is 21.1. The number of ether oxygens (including phenoxy) is 1. The van der Waals surface area contributed by atoms with Gasteiger partial charge in [-0.3, -0.25) is 4.79 Å². The summed E-state index contributed by atoms with van der Waals surface area (Å²) in [5.41, 5.74) is 5.00. The van der Waals surface area contributed by atoms with Crippen molar-refractivity contribution in [2.75, 3.05) is 0 Å². The van der Waals surface area contributed by atoms with E-state index in [9.17, 15) is 4.79 Å². The van der Waals surface area contributed by atoms with E-state index in [0.717, 1.165) is 27.9 Å². The molecule has 2 aromatic carbocycles. The molecule has 0 spiro atoms. The van der Waals surface area contributed by atoms with Crippen molar-refractivity contribution in [3.8, 4) is 11.5 Å². The Kier molecular flexibility index (Phi) is 5.29. The van der Waals surface area contributed by atoms with Gasteiger partial charge in [0.1, 0.15) is 6.61 Å². The second-order valence-electron chi connectivity index (χ2n) is 6.77. The van der Waals surface area contributed by atoms with E-state index in [4.69, 9.17) is 9.15 Å². The number of fused-ring (bicyclic) bond motifs is 1. The molecule has 0 N–H and O–H groups in total. The van der Waals surface area contributed by atoms with E-state index in [1.165, 1.54) is 0 Å². The van der Waals surface area contributed by atoms with Gasteiger partial charge in [0.15, 0.2) is 0 Å². The number of aryl methyl sites for hydroxylation is 3. The lowest BCUT2D eigenvalue weighted by atomic mass is 10.1. The number of benzene rings is 2. The summed E-state index contributed by atoms with van der Waals surface area (Å²) in [5, 5.41) is 8.05. The Bertz CT molecular complexity index is 1150. The topological polar surface area (TPSA) is 91.0 Å². The van der Waals surface area contributed by atoms with Crippen molar-refractivity contribution >= 4 is 17.0 Å². The number of carbonyl (C=O) groups is 1. The Morgan fingerprint density at radius 3 is 2.45 bits per heavy atom.